The summed E-state index contributed by atoms with van der Waals surface area (Å²) in [4.78, 5) is 12.7. The summed E-state index contributed by atoms with van der Waals surface area (Å²) in [6.07, 6.45) is 2.49. The van der Waals surface area contributed by atoms with Crippen LogP contribution in [-0.2, 0) is 11.2 Å². The molecule has 0 bridgehead atoms. The van der Waals surface area contributed by atoms with Gasteiger partial charge in [0.2, 0.25) is 0 Å². The lowest BCUT2D eigenvalue weighted by molar-refractivity contribution is -0.137. The van der Waals surface area contributed by atoms with Gasteiger partial charge in [0.05, 0.1) is 12.5 Å². The van der Waals surface area contributed by atoms with Crippen LogP contribution in [0.1, 0.15) is 18.2 Å². The van der Waals surface area contributed by atoms with Gasteiger partial charge < -0.3 is 10.0 Å². The summed E-state index contributed by atoms with van der Waals surface area (Å²) < 4.78 is 1.96. The van der Waals surface area contributed by atoms with E-state index in [-0.39, 0.29) is 6.42 Å². The molecule has 1 aromatic rings. The van der Waals surface area contributed by atoms with E-state index in [1.165, 1.54) is 0 Å². The number of carbonyl (C=O) groups is 1. The van der Waals surface area contributed by atoms with Crippen LogP contribution < -0.4 is 0 Å². The van der Waals surface area contributed by atoms with Crippen molar-refractivity contribution in [2.75, 3.05) is 20.1 Å². The minimum Gasteiger partial charge on any atom is -0.481 e. The number of hydrogen-bond acceptors (Lipinski definition) is 3. The summed E-state index contributed by atoms with van der Waals surface area (Å²) in [5.41, 5.74) is 1.02. The Kier molecular flexibility index (Phi) is 2.73. The molecule has 15 heavy (non-hydrogen) atoms. The molecule has 2 rings (SSSR count). The van der Waals surface area contributed by atoms with Crippen LogP contribution in [0.2, 0.25) is 0 Å². The molecule has 1 fully saturated rings. The minimum absolute atomic E-state index is 0.175. The quantitative estimate of drug-likeness (QED) is 0.779. The van der Waals surface area contributed by atoms with E-state index in [0.29, 0.717) is 12.5 Å². The number of nitrogens with zero attached hydrogens (tertiary/aromatic N) is 3. The maximum absolute atomic E-state index is 10.5. The van der Waals surface area contributed by atoms with Gasteiger partial charge in [-0.3, -0.25) is 9.48 Å². The Morgan fingerprint density at radius 3 is 3.00 bits per heavy atom. The molecule has 0 aliphatic carbocycles. The van der Waals surface area contributed by atoms with Crippen molar-refractivity contribution in [1.29, 1.82) is 0 Å². The number of rotatable bonds is 4. The number of aliphatic carboxylic acids is 1. The average Bonchev–Trinajstić information content (AvgIpc) is 2.57. The maximum Gasteiger partial charge on any atom is 0.303 e. The maximum atomic E-state index is 10.5. The third-order valence-corrected chi connectivity index (χ3v) is 2.74. The van der Waals surface area contributed by atoms with Crippen LogP contribution in [0.5, 0.6) is 0 Å². The fourth-order valence-corrected chi connectivity index (χ4v) is 1.92. The summed E-state index contributed by atoms with van der Waals surface area (Å²) in [6, 6.07) is 2.33. The van der Waals surface area contributed by atoms with E-state index in [9.17, 15) is 4.79 Å². The fraction of sp³-hybridized carbons (Fsp3) is 0.600. The molecule has 1 saturated heterocycles. The number of aryl methyl sites for hydroxylation is 1. The number of likely N-dealkylation sites (N-methyl/N-ethyl adjacent to an activating group) is 1. The van der Waals surface area contributed by atoms with Crippen LogP contribution in [-0.4, -0.2) is 45.9 Å². The van der Waals surface area contributed by atoms with Crippen LogP contribution in [0.15, 0.2) is 12.3 Å². The van der Waals surface area contributed by atoms with E-state index < -0.39 is 5.97 Å². The van der Waals surface area contributed by atoms with Crippen LogP contribution in [0, 0.1) is 0 Å². The third-order valence-electron chi connectivity index (χ3n) is 2.74. The molecule has 0 atom stereocenters. The molecule has 2 heterocycles. The fourth-order valence-electron chi connectivity index (χ4n) is 1.92. The van der Waals surface area contributed by atoms with E-state index in [4.69, 9.17) is 5.11 Å². The Bertz CT molecular complexity index is 355. The zero-order valence-corrected chi connectivity index (χ0v) is 8.76. The molecule has 82 valence electrons. The van der Waals surface area contributed by atoms with Gasteiger partial charge in [0.15, 0.2) is 0 Å². The normalized spacial score (nSPS) is 17.7. The summed E-state index contributed by atoms with van der Waals surface area (Å²) in [5.74, 6) is -0.756. The molecule has 0 radical (unpaired) electrons. The average molecular weight is 209 g/mol. The van der Waals surface area contributed by atoms with E-state index in [1.54, 1.807) is 6.20 Å². The monoisotopic (exact) mass is 209 g/mol. The van der Waals surface area contributed by atoms with E-state index in [1.807, 2.05) is 10.7 Å². The van der Waals surface area contributed by atoms with E-state index in [0.717, 1.165) is 18.8 Å². The lowest BCUT2D eigenvalue weighted by atomic mass is 10.1. The predicted octanol–water partition coefficient (Wildman–Crippen LogP) is 0.387. The van der Waals surface area contributed by atoms with Gasteiger partial charge in [0.25, 0.3) is 0 Å². The predicted molar refractivity (Wildman–Crippen MR) is 54.7 cm³/mol. The first-order valence-corrected chi connectivity index (χ1v) is 5.09. The van der Waals surface area contributed by atoms with Gasteiger partial charge in [-0.2, -0.15) is 5.10 Å². The highest BCUT2D eigenvalue weighted by Gasteiger charge is 2.26. The molecule has 0 aromatic carbocycles. The van der Waals surface area contributed by atoms with Gasteiger partial charge >= 0.3 is 5.97 Å². The largest absolute Gasteiger partial charge is 0.481 e. The molecule has 0 amide bonds. The number of likely N-dealkylation sites (tertiary alicyclic amines) is 1. The van der Waals surface area contributed by atoms with Gasteiger partial charge in [-0.15, -0.1) is 0 Å². The summed E-state index contributed by atoms with van der Waals surface area (Å²) >= 11 is 0. The van der Waals surface area contributed by atoms with Crippen molar-refractivity contribution < 1.29 is 9.90 Å². The van der Waals surface area contributed by atoms with E-state index in [2.05, 4.69) is 17.0 Å². The SMILES string of the molecule is CN1CC(n2nccc2CCC(=O)O)C1. The first-order chi connectivity index (χ1) is 7.16. The molecule has 0 unspecified atom stereocenters. The topological polar surface area (TPSA) is 58.4 Å². The first-order valence-electron chi connectivity index (χ1n) is 5.09. The summed E-state index contributed by atoms with van der Waals surface area (Å²) in [7, 11) is 2.07. The number of aromatic nitrogens is 2. The molecule has 1 N–H and O–H groups in total. The third kappa shape index (κ3) is 2.18. The van der Waals surface area contributed by atoms with Crippen LogP contribution in [0.3, 0.4) is 0 Å². The second kappa shape index (κ2) is 4.02. The van der Waals surface area contributed by atoms with Gasteiger partial charge in [-0.05, 0) is 19.5 Å². The zero-order valence-electron chi connectivity index (χ0n) is 8.76. The van der Waals surface area contributed by atoms with Crippen molar-refractivity contribution >= 4 is 5.97 Å². The van der Waals surface area contributed by atoms with Gasteiger partial charge in [0, 0.05) is 25.0 Å². The molecule has 0 saturated carbocycles. The number of hydrogen-bond donors (Lipinski definition) is 1. The highest BCUT2D eigenvalue weighted by molar-refractivity contribution is 5.66. The Balaban J connectivity index is 1.99. The lowest BCUT2D eigenvalue weighted by Gasteiger charge is -2.37. The van der Waals surface area contributed by atoms with Crippen molar-refractivity contribution in [3.05, 3.63) is 18.0 Å². The molecule has 5 heteroatoms. The second-order valence-electron chi connectivity index (χ2n) is 4.04. The second-order valence-corrected chi connectivity index (χ2v) is 4.04. The summed E-state index contributed by atoms with van der Waals surface area (Å²) in [5, 5.41) is 12.9. The molecule has 1 aromatic heterocycles. The van der Waals surface area contributed by atoms with Gasteiger partial charge in [-0.1, -0.05) is 0 Å². The highest BCUT2D eigenvalue weighted by atomic mass is 16.4. The van der Waals surface area contributed by atoms with Crippen LogP contribution in [0.25, 0.3) is 0 Å². The van der Waals surface area contributed by atoms with Crippen molar-refractivity contribution in [3.8, 4) is 0 Å². The molecule has 0 spiro atoms. The molecule has 5 nitrogen and oxygen atoms in total. The zero-order chi connectivity index (χ0) is 10.8. The Labute approximate surface area is 88.3 Å². The van der Waals surface area contributed by atoms with E-state index >= 15 is 0 Å². The smallest absolute Gasteiger partial charge is 0.303 e. The minimum atomic E-state index is -0.756. The van der Waals surface area contributed by atoms with Gasteiger partial charge in [-0.25, -0.2) is 0 Å². The van der Waals surface area contributed by atoms with Crippen LogP contribution >= 0.6 is 0 Å². The highest BCUT2D eigenvalue weighted by Crippen LogP contribution is 2.20. The lowest BCUT2D eigenvalue weighted by Crippen LogP contribution is -2.45. The van der Waals surface area contributed by atoms with Crippen LogP contribution in [0.4, 0.5) is 0 Å². The first kappa shape index (κ1) is 10.2. The Morgan fingerprint density at radius 2 is 2.40 bits per heavy atom. The standard InChI is InChI=1S/C10H15N3O2/c1-12-6-9(7-12)13-8(4-5-11-13)2-3-10(14)15/h4-5,9H,2-3,6-7H2,1H3,(H,14,15). The Morgan fingerprint density at radius 1 is 1.67 bits per heavy atom. The van der Waals surface area contributed by atoms with Crippen molar-refractivity contribution in [2.45, 2.75) is 18.9 Å². The van der Waals surface area contributed by atoms with Crippen molar-refractivity contribution in [2.24, 2.45) is 0 Å². The Hall–Kier alpha value is -1.36. The van der Waals surface area contributed by atoms with Crippen molar-refractivity contribution in [1.82, 2.24) is 14.7 Å². The molecular weight excluding hydrogens is 194 g/mol. The van der Waals surface area contributed by atoms with Crippen molar-refractivity contribution in [3.63, 3.8) is 0 Å². The number of carboxylic acids is 1. The molecular formula is C10H15N3O2. The molecule has 1 aliphatic heterocycles. The number of carboxylic acid groups (broad SMARTS) is 1. The summed E-state index contributed by atoms with van der Waals surface area (Å²) in [6.45, 7) is 2.00. The van der Waals surface area contributed by atoms with Gasteiger partial charge in [0.1, 0.15) is 0 Å². The molecule has 1 aliphatic rings.